The van der Waals surface area contributed by atoms with E-state index in [1.165, 1.54) is 0 Å². The molecule has 0 aliphatic rings. The zero-order chi connectivity index (χ0) is 11.9. The first kappa shape index (κ1) is 11.7. The van der Waals surface area contributed by atoms with E-state index in [2.05, 4.69) is 5.16 Å². The summed E-state index contributed by atoms with van der Waals surface area (Å²) in [7, 11) is 0. The molecular weight excluding hydrogens is 218 g/mol. The van der Waals surface area contributed by atoms with Gasteiger partial charge in [0, 0.05) is 18.2 Å². The van der Waals surface area contributed by atoms with Crippen molar-refractivity contribution >= 4 is 0 Å². The van der Waals surface area contributed by atoms with Crippen LogP contribution in [0.3, 0.4) is 0 Å². The SMILES string of the molecule is OCCCCOc1ccc(-c2ccon2)cc1. The third-order valence-corrected chi connectivity index (χ3v) is 2.41. The van der Waals surface area contributed by atoms with E-state index in [-0.39, 0.29) is 6.61 Å². The summed E-state index contributed by atoms with van der Waals surface area (Å²) in [6.45, 7) is 0.846. The average Bonchev–Trinajstić information content (AvgIpc) is 2.89. The first-order chi connectivity index (χ1) is 8.40. The van der Waals surface area contributed by atoms with Crippen LogP contribution in [0.2, 0.25) is 0 Å². The Morgan fingerprint density at radius 3 is 2.59 bits per heavy atom. The summed E-state index contributed by atoms with van der Waals surface area (Å²) >= 11 is 0. The number of nitrogens with zero attached hydrogens (tertiary/aromatic N) is 1. The van der Waals surface area contributed by atoms with Crippen molar-refractivity contribution in [3.8, 4) is 17.0 Å². The van der Waals surface area contributed by atoms with Crippen LogP contribution in [0.1, 0.15) is 12.8 Å². The highest BCUT2D eigenvalue weighted by atomic mass is 16.5. The monoisotopic (exact) mass is 233 g/mol. The normalized spacial score (nSPS) is 10.4. The molecule has 0 saturated carbocycles. The van der Waals surface area contributed by atoms with Crippen LogP contribution in [0.5, 0.6) is 5.75 Å². The molecule has 4 nitrogen and oxygen atoms in total. The third-order valence-electron chi connectivity index (χ3n) is 2.41. The fourth-order valence-electron chi connectivity index (χ4n) is 1.49. The Balaban J connectivity index is 1.90. The van der Waals surface area contributed by atoms with E-state index in [0.29, 0.717) is 6.61 Å². The first-order valence-electron chi connectivity index (χ1n) is 5.64. The topological polar surface area (TPSA) is 55.5 Å². The van der Waals surface area contributed by atoms with Crippen LogP contribution in [-0.2, 0) is 0 Å². The Bertz CT molecular complexity index is 422. The van der Waals surface area contributed by atoms with Gasteiger partial charge in [-0.15, -0.1) is 0 Å². The number of hydrogen-bond donors (Lipinski definition) is 1. The maximum Gasteiger partial charge on any atom is 0.124 e. The second kappa shape index (κ2) is 6.06. The van der Waals surface area contributed by atoms with Gasteiger partial charge in [0.1, 0.15) is 17.7 Å². The van der Waals surface area contributed by atoms with Crippen LogP contribution in [0.25, 0.3) is 11.3 Å². The fourth-order valence-corrected chi connectivity index (χ4v) is 1.49. The van der Waals surface area contributed by atoms with Gasteiger partial charge in [-0.05, 0) is 37.1 Å². The highest BCUT2D eigenvalue weighted by Gasteiger charge is 2.01. The average molecular weight is 233 g/mol. The van der Waals surface area contributed by atoms with Crippen molar-refractivity contribution in [1.82, 2.24) is 5.16 Å². The predicted molar refractivity (Wildman–Crippen MR) is 63.8 cm³/mol. The van der Waals surface area contributed by atoms with E-state index in [0.717, 1.165) is 29.8 Å². The molecule has 1 aromatic heterocycles. The summed E-state index contributed by atoms with van der Waals surface area (Å²) in [5.41, 5.74) is 1.82. The minimum Gasteiger partial charge on any atom is -0.494 e. The molecule has 0 bridgehead atoms. The molecule has 0 spiro atoms. The molecule has 0 aliphatic heterocycles. The van der Waals surface area contributed by atoms with E-state index in [1.807, 2.05) is 30.3 Å². The molecule has 0 aliphatic carbocycles. The Morgan fingerprint density at radius 2 is 1.94 bits per heavy atom. The molecule has 0 unspecified atom stereocenters. The van der Waals surface area contributed by atoms with Gasteiger partial charge < -0.3 is 14.4 Å². The lowest BCUT2D eigenvalue weighted by atomic mass is 10.1. The van der Waals surface area contributed by atoms with Gasteiger partial charge in [0.15, 0.2) is 0 Å². The summed E-state index contributed by atoms with van der Waals surface area (Å²) in [6, 6.07) is 9.52. The molecular formula is C13H15NO3. The largest absolute Gasteiger partial charge is 0.494 e. The van der Waals surface area contributed by atoms with Crippen molar-refractivity contribution in [2.24, 2.45) is 0 Å². The van der Waals surface area contributed by atoms with Gasteiger partial charge in [0.25, 0.3) is 0 Å². The first-order valence-corrected chi connectivity index (χ1v) is 5.64. The highest BCUT2D eigenvalue weighted by Crippen LogP contribution is 2.20. The van der Waals surface area contributed by atoms with Crippen molar-refractivity contribution in [3.63, 3.8) is 0 Å². The number of benzene rings is 1. The number of aromatic nitrogens is 1. The molecule has 90 valence electrons. The van der Waals surface area contributed by atoms with Gasteiger partial charge in [0.05, 0.1) is 6.61 Å². The number of rotatable bonds is 6. The molecule has 1 N–H and O–H groups in total. The number of aliphatic hydroxyl groups excluding tert-OH is 1. The van der Waals surface area contributed by atoms with Crippen LogP contribution >= 0.6 is 0 Å². The van der Waals surface area contributed by atoms with Crippen LogP contribution in [0.4, 0.5) is 0 Å². The number of aliphatic hydroxyl groups is 1. The zero-order valence-electron chi connectivity index (χ0n) is 9.50. The highest BCUT2D eigenvalue weighted by molar-refractivity contribution is 5.58. The minimum absolute atomic E-state index is 0.217. The number of unbranched alkanes of at least 4 members (excludes halogenated alkanes) is 1. The van der Waals surface area contributed by atoms with Crippen LogP contribution in [-0.4, -0.2) is 23.5 Å². The smallest absolute Gasteiger partial charge is 0.124 e. The summed E-state index contributed by atoms with van der Waals surface area (Å²) in [6.07, 6.45) is 3.19. The van der Waals surface area contributed by atoms with Crippen molar-refractivity contribution < 1.29 is 14.4 Å². The Morgan fingerprint density at radius 1 is 1.12 bits per heavy atom. The van der Waals surface area contributed by atoms with Gasteiger partial charge in [-0.25, -0.2) is 0 Å². The molecule has 17 heavy (non-hydrogen) atoms. The maximum atomic E-state index is 8.63. The van der Waals surface area contributed by atoms with Gasteiger partial charge >= 0.3 is 0 Å². The lowest BCUT2D eigenvalue weighted by Gasteiger charge is -2.05. The minimum atomic E-state index is 0.217. The third kappa shape index (κ3) is 3.32. The van der Waals surface area contributed by atoms with E-state index in [9.17, 15) is 0 Å². The fraction of sp³-hybridized carbons (Fsp3) is 0.308. The summed E-state index contributed by atoms with van der Waals surface area (Å²) in [4.78, 5) is 0. The van der Waals surface area contributed by atoms with Gasteiger partial charge in [-0.2, -0.15) is 0 Å². The van der Waals surface area contributed by atoms with Crippen molar-refractivity contribution in [1.29, 1.82) is 0 Å². The summed E-state index contributed by atoms with van der Waals surface area (Å²) < 4.78 is 10.3. The van der Waals surface area contributed by atoms with Crippen molar-refractivity contribution in [2.75, 3.05) is 13.2 Å². The molecule has 4 heteroatoms. The van der Waals surface area contributed by atoms with Crippen LogP contribution in [0.15, 0.2) is 41.1 Å². The lowest BCUT2D eigenvalue weighted by molar-refractivity contribution is 0.253. The molecule has 0 saturated heterocycles. The molecule has 2 aromatic rings. The van der Waals surface area contributed by atoms with E-state index >= 15 is 0 Å². The number of ether oxygens (including phenoxy) is 1. The Hall–Kier alpha value is -1.81. The molecule has 1 aromatic carbocycles. The summed E-state index contributed by atoms with van der Waals surface area (Å²) in [5.74, 6) is 0.829. The Labute approximate surface area is 99.8 Å². The molecule has 0 fully saturated rings. The zero-order valence-corrected chi connectivity index (χ0v) is 9.50. The summed E-state index contributed by atoms with van der Waals surface area (Å²) in [5, 5.41) is 12.5. The van der Waals surface area contributed by atoms with Gasteiger partial charge in [-0.3, -0.25) is 0 Å². The second-order valence-electron chi connectivity index (χ2n) is 3.69. The van der Waals surface area contributed by atoms with E-state index in [4.69, 9.17) is 14.4 Å². The predicted octanol–water partition coefficient (Wildman–Crippen LogP) is 2.49. The molecule has 2 rings (SSSR count). The van der Waals surface area contributed by atoms with Gasteiger partial charge in [0.2, 0.25) is 0 Å². The van der Waals surface area contributed by atoms with Crippen molar-refractivity contribution in [3.05, 3.63) is 36.6 Å². The van der Waals surface area contributed by atoms with E-state index in [1.54, 1.807) is 6.26 Å². The van der Waals surface area contributed by atoms with Gasteiger partial charge in [-0.1, -0.05) is 5.16 Å². The van der Waals surface area contributed by atoms with E-state index < -0.39 is 0 Å². The van der Waals surface area contributed by atoms with Crippen molar-refractivity contribution in [2.45, 2.75) is 12.8 Å². The molecule has 0 amide bonds. The standard InChI is InChI=1S/C13H15NO3/c15-8-1-2-9-16-12-5-3-11(4-6-12)13-7-10-17-14-13/h3-7,10,15H,1-2,8-9H2. The van der Waals surface area contributed by atoms with Crippen LogP contribution < -0.4 is 4.74 Å². The Kier molecular flexibility index (Phi) is 4.16. The maximum absolute atomic E-state index is 8.63. The quantitative estimate of drug-likeness (QED) is 0.779. The lowest BCUT2D eigenvalue weighted by Crippen LogP contribution is -1.98. The molecule has 0 atom stereocenters. The second-order valence-corrected chi connectivity index (χ2v) is 3.69. The number of hydrogen-bond acceptors (Lipinski definition) is 4. The molecule has 0 radical (unpaired) electrons. The van der Waals surface area contributed by atoms with Crippen LogP contribution in [0, 0.1) is 0 Å². The molecule has 1 heterocycles.